The smallest absolute Gasteiger partial charge is 0.257 e. The van der Waals surface area contributed by atoms with Gasteiger partial charge in [-0.15, -0.1) is 0 Å². The summed E-state index contributed by atoms with van der Waals surface area (Å²) in [5.41, 5.74) is -0.230. The van der Waals surface area contributed by atoms with Crippen molar-refractivity contribution in [2.24, 2.45) is 11.8 Å². The van der Waals surface area contributed by atoms with Crippen LogP contribution < -0.4 is 0 Å². The summed E-state index contributed by atoms with van der Waals surface area (Å²) in [7, 11) is 0. The van der Waals surface area contributed by atoms with Gasteiger partial charge in [-0.3, -0.25) is 4.79 Å². The largest absolute Gasteiger partial charge is 0.338 e. The molecule has 1 aromatic heterocycles. The van der Waals surface area contributed by atoms with Crippen molar-refractivity contribution in [3.05, 3.63) is 29.6 Å². The lowest BCUT2D eigenvalue weighted by Crippen LogP contribution is -2.30. The Morgan fingerprint density at radius 3 is 2.83 bits per heavy atom. The minimum atomic E-state index is -1.22. The van der Waals surface area contributed by atoms with Crippen molar-refractivity contribution in [1.29, 1.82) is 0 Å². The van der Waals surface area contributed by atoms with Gasteiger partial charge in [0.2, 0.25) is 5.95 Å². The molecule has 1 amide bonds. The first-order chi connectivity index (χ1) is 8.50. The van der Waals surface area contributed by atoms with E-state index >= 15 is 0 Å². The Morgan fingerprint density at radius 2 is 2.22 bits per heavy atom. The van der Waals surface area contributed by atoms with Gasteiger partial charge in [0.1, 0.15) is 0 Å². The highest BCUT2D eigenvalue weighted by Crippen LogP contribution is 2.25. The van der Waals surface area contributed by atoms with Crippen LogP contribution in [0.15, 0.2) is 12.3 Å². The molecule has 2 rings (SSSR count). The summed E-state index contributed by atoms with van der Waals surface area (Å²) in [6.45, 7) is 5.42. The third-order valence-corrected chi connectivity index (χ3v) is 3.53. The fourth-order valence-electron chi connectivity index (χ4n) is 2.27. The van der Waals surface area contributed by atoms with Crippen molar-refractivity contribution in [2.45, 2.75) is 20.3 Å². The van der Waals surface area contributed by atoms with Crippen LogP contribution in [0.5, 0.6) is 0 Å². The average Bonchev–Trinajstić information content (AvgIpc) is 2.81. The quantitative estimate of drug-likeness (QED) is 0.760. The molecule has 18 heavy (non-hydrogen) atoms. The molecule has 1 aliphatic rings. The predicted octanol–water partition coefficient (Wildman–Crippen LogP) is 2.48. The minimum absolute atomic E-state index is 0.230. The van der Waals surface area contributed by atoms with Gasteiger partial charge in [0.25, 0.3) is 5.91 Å². The van der Waals surface area contributed by atoms with Crippen molar-refractivity contribution >= 4 is 5.91 Å². The molecule has 0 N–H and O–H groups in total. The minimum Gasteiger partial charge on any atom is -0.338 e. The van der Waals surface area contributed by atoms with E-state index in [0.717, 1.165) is 12.6 Å². The van der Waals surface area contributed by atoms with E-state index in [2.05, 4.69) is 18.8 Å². The van der Waals surface area contributed by atoms with E-state index in [1.54, 1.807) is 4.90 Å². The topological polar surface area (TPSA) is 33.2 Å². The molecule has 1 unspecified atom stereocenters. The van der Waals surface area contributed by atoms with Crippen LogP contribution in [0.4, 0.5) is 8.78 Å². The number of hydrogen-bond donors (Lipinski definition) is 0. The summed E-state index contributed by atoms with van der Waals surface area (Å²) >= 11 is 0. The maximum absolute atomic E-state index is 13.5. The number of carbonyl (C=O) groups is 1. The second-order valence-corrected chi connectivity index (χ2v) is 5.01. The van der Waals surface area contributed by atoms with Crippen LogP contribution in [0.3, 0.4) is 0 Å². The molecule has 2 heterocycles. The number of rotatable bonds is 2. The van der Waals surface area contributed by atoms with Crippen LogP contribution >= 0.6 is 0 Å². The van der Waals surface area contributed by atoms with Crippen LogP contribution in [0.2, 0.25) is 0 Å². The Bertz CT molecular complexity index is 462. The molecule has 0 saturated carbocycles. The molecule has 5 heteroatoms. The molecule has 1 saturated heterocycles. The van der Waals surface area contributed by atoms with Gasteiger partial charge in [-0.05, 0) is 24.3 Å². The molecular formula is C13H16F2N2O. The monoisotopic (exact) mass is 254 g/mol. The van der Waals surface area contributed by atoms with E-state index < -0.39 is 17.7 Å². The molecule has 0 spiro atoms. The summed E-state index contributed by atoms with van der Waals surface area (Å²) in [4.78, 5) is 16.8. The third-order valence-electron chi connectivity index (χ3n) is 3.53. The van der Waals surface area contributed by atoms with E-state index in [1.165, 1.54) is 6.07 Å². The standard InChI is InChI=1S/C13H16F2N2O/c1-8(2)9-4-6-17(7-9)13(18)10-3-5-16-12(15)11(10)14/h3,5,8-9H,4,6-7H2,1-2H3. The first-order valence-electron chi connectivity index (χ1n) is 6.10. The number of carbonyl (C=O) groups excluding carboxylic acids is 1. The van der Waals surface area contributed by atoms with Crippen molar-refractivity contribution in [1.82, 2.24) is 9.88 Å². The number of likely N-dealkylation sites (tertiary alicyclic amines) is 1. The number of hydrogen-bond acceptors (Lipinski definition) is 2. The first-order valence-corrected chi connectivity index (χ1v) is 6.10. The molecule has 1 atom stereocenters. The number of pyridine rings is 1. The van der Waals surface area contributed by atoms with Gasteiger partial charge >= 0.3 is 0 Å². The first kappa shape index (κ1) is 12.9. The second-order valence-electron chi connectivity index (χ2n) is 5.01. The highest BCUT2D eigenvalue weighted by Gasteiger charge is 2.30. The van der Waals surface area contributed by atoms with Crippen molar-refractivity contribution < 1.29 is 13.6 Å². The van der Waals surface area contributed by atoms with E-state index in [4.69, 9.17) is 0 Å². The van der Waals surface area contributed by atoms with Gasteiger partial charge < -0.3 is 4.90 Å². The third kappa shape index (κ3) is 2.35. The highest BCUT2D eigenvalue weighted by molar-refractivity contribution is 5.94. The molecule has 0 aromatic carbocycles. The van der Waals surface area contributed by atoms with Gasteiger partial charge in [0, 0.05) is 19.3 Å². The molecule has 98 valence electrons. The Hall–Kier alpha value is -1.52. The zero-order valence-corrected chi connectivity index (χ0v) is 10.5. The van der Waals surface area contributed by atoms with Crippen molar-refractivity contribution in [3.63, 3.8) is 0 Å². The van der Waals surface area contributed by atoms with Crippen molar-refractivity contribution in [3.8, 4) is 0 Å². The zero-order valence-electron chi connectivity index (χ0n) is 10.5. The summed E-state index contributed by atoms with van der Waals surface area (Å²) in [6, 6.07) is 1.23. The predicted molar refractivity (Wildman–Crippen MR) is 63.0 cm³/mol. The van der Waals surface area contributed by atoms with E-state index in [1.807, 2.05) is 0 Å². The van der Waals surface area contributed by atoms with E-state index in [0.29, 0.717) is 24.9 Å². The van der Waals surface area contributed by atoms with E-state index in [9.17, 15) is 13.6 Å². The van der Waals surface area contributed by atoms with Crippen LogP contribution in [0.1, 0.15) is 30.6 Å². The van der Waals surface area contributed by atoms with Gasteiger partial charge in [0.05, 0.1) is 5.56 Å². The maximum Gasteiger partial charge on any atom is 0.257 e. The SMILES string of the molecule is CC(C)C1CCN(C(=O)c2ccnc(F)c2F)C1. The fraction of sp³-hybridized carbons (Fsp3) is 0.538. The number of nitrogens with zero attached hydrogens (tertiary/aromatic N) is 2. The van der Waals surface area contributed by atoms with Gasteiger partial charge in [0.15, 0.2) is 5.82 Å². The highest BCUT2D eigenvalue weighted by atomic mass is 19.2. The average molecular weight is 254 g/mol. The van der Waals surface area contributed by atoms with Crippen LogP contribution in [0, 0.1) is 23.6 Å². The molecular weight excluding hydrogens is 238 g/mol. The molecule has 1 fully saturated rings. The van der Waals surface area contributed by atoms with Gasteiger partial charge in [-0.2, -0.15) is 4.39 Å². The second kappa shape index (κ2) is 5.00. The fourth-order valence-corrected chi connectivity index (χ4v) is 2.27. The summed E-state index contributed by atoms with van der Waals surface area (Å²) in [5.74, 6) is -1.90. The molecule has 0 aliphatic carbocycles. The van der Waals surface area contributed by atoms with Crippen LogP contribution in [-0.2, 0) is 0 Å². The number of halogens is 2. The summed E-state index contributed by atoms with van der Waals surface area (Å²) < 4.78 is 26.5. The summed E-state index contributed by atoms with van der Waals surface area (Å²) in [5, 5.41) is 0. The lowest BCUT2D eigenvalue weighted by atomic mass is 9.95. The van der Waals surface area contributed by atoms with Crippen LogP contribution in [-0.4, -0.2) is 28.9 Å². The van der Waals surface area contributed by atoms with Gasteiger partial charge in [-0.25, -0.2) is 9.37 Å². The Balaban J connectivity index is 2.16. The molecule has 3 nitrogen and oxygen atoms in total. The number of amides is 1. The molecule has 0 radical (unpaired) electrons. The summed E-state index contributed by atoms with van der Waals surface area (Å²) in [6.07, 6.45) is 2.03. The van der Waals surface area contributed by atoms with E-state index in [-0.39, 0.29) is 5.56 Å². The Morgan fingerprint density at radius 1 is 1.50 bits per heavy atom. The Labute approximate surface area is 105 Å². The molecule has 1 aliphatic heterocycles. The molecule has 1 aromatic rings. The van der Waals surface area contributed by atoms with Crippen LogP contribution in [0.25, 0.3) is 0 Å². The lowest BCUT2D eigenvalue weighted by Gasteiger charge is -2.18. The maximum atomic E-state index is 13.5. The number of aromatic nitrogens is 1. The molecule has 0 bridgehead atoms. The zero-order chi connectivity index (χ0) is 13.3. The Kier molecular flexibility index (Phi) is 3.59. The lowest BCUT2D eigenvalue weighted by molar-refractivity contribution is 0.0778. The van der Waals surface area contributed by atoms with Crippen molar-refractivity contribution in [2.75, 3.05) is 13.1 Å². The normalized spacial score (nSPS) is 19.6. The van der Waals surface area contributed by atoms with Gasteiger partial charge in [-0.1, -0.05) is 13.8 Å².